The average molecular weight is 566 g/mol. The van der Waals surface area contributed by atoms with Crippen LogP contribution in [0.25, 0.3) is 0 Å². The van der Waals surface area contributed by atoms with Gasteiger partial charge in [0.05, 0.1) is 21.4 Å². The first-order chi connectivity index (χ1) is 18.1. The monoisotopic (exact) mass is 565 g/mol. The highest BCUT2D eigenvalue weighted by atomic mass is 35.5. The van der Waals surface area contributed by atoms with Crippen LogP contribution in [0, 0.1) is 6.92 Å². The molecule has 0 bridgehead atoms. The zero-order valence-electron chi connectivity index (χ0n) is 20.2. The van der Waals surface area contributed by atoms with Crippen molar-refractivity contribution in [3.63, 3.8) is 0 Å². The number of hydrogen-bond acceptors (Lipinski definition) is 7. The van der Waals surface area contributed by atoms with Crippen LogP contribution in [0.3, 0.4) is 0 Å². The van der Waals surface area contributed by atoms with Crippen molar-refractivity contribution in [2.24, 2.45) is 5.16 Å². The van der Waals surface area contributed by atoms with Crippen LogP contribution in [-0.2, 0) is 22.4 Å². The Bertz CT molecular complexity index is 1450. The molecule has 1 atom stereocenters. The van der Waals surface area contributed by atoms with E-state index < -0.39 is 29.8 Å². The van der Waals surface area contributed by atoms with Crippen LogP contribution >= 0.6 is 22.9 Å². The van der Waals surface area contributed by atoms with Crippen molar-refractivity contribution in [3.05, 3.63) is 78.9 Å². The second-order valence-corrected chi connectivity index (χ2v) is 10.6. The molecule has 1 unspecified atom stereocenters. The van der Waals surface area contributed by atoms with Crippen LogP contribution < -0.4 is 5.56 Å². The molecule has 1 fully saturated rings. The van der Waals surface area contributed by atoms with Crippen LogP contribution in [0.2, 0.25) is 5.02 Å². The number of alkyl halides is 3. The number of likely N-dealkylation sites (tertiary alicyclic amines) is 1. The summed E-state index contributed by atoms with van der Waals surface area (Å²) >= 11 is 7.30. The topological polar surface area (TPSA) is 89.7 Å². The fraction of sp³-hybridized carbons (Fsp3) is 0.400. The Balaban J connectivity index is 1.18. The molecule has 13 heteroatoms. The molecule has 38 heavy (non-hydrogen) atoms. The van der Waals surface area contributed by atoms with Gasteiger partial charge >= 0.3 is 6.18 Å². The van der Waals surface area contributed by atoms with Crippen molar-refractivity contribution in [2.75, 3.05) is 13.1 Å². The molecule has 0 saturated carbocycles. The Morgan fingerprint density at radius 1 is 1.29 bits per heavy atom. The summed E-state index contributed by atoms with van der Waals surface area (Å²) in [5.41, 5.74) is 0.735. The molecule has 2 aliphatic rings. The maximum Gasteiger partial charge on any atom is 0.421 e. The highest BCUT2D eigenvalue weighted by molar-refractivity contribution is 7.10. The van der Waals surface area contributed by atoms with Gasteiger partial charge in [-0.1, -0.05) is 22.8 Å². The normalized spacial score (nSPS) is 18.4. The molecule has 0 radical (unpaired) electrons. The van der Waals surface area contributed by atoms with E-state index in [-0.39, 0.29) is 17.0 Å². The first-order valence-electron chi connectivity index (χ1n) is 11.9. The summed E-state index contributed by atoms with van der Waals surface area (Å²) in [4.78, 5) is 41.4. The molecular formula is C25H23ClF3N5O3S. The number of aryl methyl sites for hydroxylation is 1. The van der Waals surface area contributed by atoms with Gasteiger partial charge in [-0.3, -0.25) is 14.6 Å². The number of thiazole rings is 1. The number of carbonyl (C=O) groups excluding carboxylic acids is 1. The third kappa shape index (κ3) is 5.46. The second kappa shape index (κ2) is 10.5. The number of rotatable bonds is 5. The van der Waals surface area contributed by atoms with Crippen LogP contribution in [0.1, 0.15) is 58.8 Å². The molecule has 3 aromatic heterocycles. The SMILES string of the molecule is Cc1cccnc1C1CC(c2csc(C3CCN(C(=O)Cn4cc(Cl)cc(C(F)(F)F)c4=O)CC3)n2)=NO1. The number of amides is 1. The second-order valence-electron chi connectivity index (χ2n) is 9.27. The van der Waals surface area contributed by atoms with E-state index >= 15 is 0 Å². The highest BCUT2D eigenvalue weighted by Crippen LogP contribution is 2.34. The third-order valence-corrected chi connectivity index (χ3v) is 7.92. The quantitative estimate of drug-likeness (QED) is 0.437. The van der Waals surface area contributed by atoms with Gasteiger partial charge in [0.1, 0.15) is 17.8 Å². The Kier molecular flexibility index (Phi) is 7.28. The lowest BCUT2D eigenvalue weighted by Gasteiger charge is -2.31. The number of aromatic nitrogens is 3. The Morgan fingerprint density at radius 3 is 2.76 bits per heavy atom. The van der Waals surface area contributed by atoms with Gasteiger partial charge in [0.25, 0.3) is 5.56 Å². The molecule has 1 saturated heterocycles. The molecule has 3 aromatic rings. The van der Waals surface area contributed by atoms with Crippen LogP contribution in [-0.4, -0.2) is 44.1 Å². The fourth-order valence-corrected chi connectivity index (χ4v) is 5.89. The third-order valence-electron chi connectivity index (χ3n) is 6.70. The lowest BCUT2D eigenvalue weighted by molar-refractivity contribution is -0.139. The number of piperidine rings is 1. The number of oxime groups is 1. The van der Waals surface area contributed by atoms with Crippen LogP contribution in [0.15, 0.2) is 45.9 Å². The summed E-state index contributed by atoms with van der Waals surface area (Å²) in [5.74, 6) is -0.297. The first-order valence-corrected chi connectivity index (χ1v) is 13.2. The summed E-state index contributed by atoms with van der Waals surface area (Å²) in [6.45, 7) is 2.29. The predicted octanol–water partition coefficient (Wildman–Crippen LogP) is 4.95. The lowest BCUT2D eigenvalue weighted by Crippen LogP contribution is -2.41. The summed E-state index contributed by atoms with van der Waals surface area (Å²) in [5, 5.41) is 6.86. The number of carbonyl (C=O) groups is 1. The molecule has 200 valence electrons. The number of nitrogens with zero attached hydrogens (tertiary/aromatic N) is 5. The lowest BCUT2D eigenvalue weighted by atomic mass is 9.97. The Morgan fingerprint density at radius 2 is 2.05 bits per heavy atom. The molecule has 8 nitrogen and oxygen atoms in total. The van der Waals surface area contributed by atoms with E-state index in [4.69, 9.17) is 21.4 Å². The molecule has 0 aliphatic carbocycles. The van der Waals surface area contributed by atoms with E-state index in [9.17, 15) is 22.8 Å². The van der Waals surface area contributed by atoms with Gasteiger partial charge in [0.2, 0.25) is 5.91 Å². The molecule has 0 N–H and O–H groups in total. The smallest absolute Gasteiger partial charge is 0.385 e. The van der Waals surface area contributed by atoms with Gasteiger partial charge in [0.15, 0.2) is 6.10 Å². The molecule has 5 rings (SSSR count). The van der Waals surface area contributed by atoms with Gasteiger partial charge in [-0.25, -0.2) is 4.98 Å². The molecule has 5 heterocycles. The van der Waals surface area contributed by atoms with Crippen LogP contribution in [0.5, 0.6) is 0 Å². The predicted molar refractivity (Wildman–Crippen MR) is 135 cm³/mol. The van der Waals surface area contributed by atoms with Crippen molar-refractivity contribution in [3.8, 4) is 0 Å². The number of pyridine rings is 2. The van der Waals surface area contributed by atoms with Crippen molar-refractivity contribution < 1.29 is 22.8 Å². The largest absolute Gasteiger partial charge is 0.421 e. The Labute approximate surface area is 224 Å². The minimum Gasteiger partial charge on any atom is -0.385 e. The van der Waals surface area contributed by atoms with Gasteiger partial charge < -0.3 is 14.3 Å². The first kappa shape index (κ1) is 26.4. The molecular weight excluding hydrogens is 543 g/mol. The van der Waals surface area contributed by atoms with E-state index in [0.717, 1.165) is 38.4 Å². The van der Waals surface area contributed by atoms with Crippen molar-refractivity contribution in [1.29, 1.82) is 0 Å². The standard InChI is InChI=1S/C25H23ClF3N5O3S/c1-14-3-2-6-30-22(14)20-10-18(32-37-20)19-13-38-23(31-19)15-4-7-33(8-5-15)21(35)12-34-11-16(26)9-17(24(34)36)25(27,28)29/h2-3,6,9,11,13,15,20H,4-5,7-8,10,12H2,1H3. The van der Waals surface area contributed by atoms with Gasteiger partial charge in [0, 0.05) is 43.2 Å². The van der Waals surface area contributed by atoms with Gasteiger partial charge in [-0.05, 0) is 37.5 Å². The van der Waals surface area contributed by atoms with E-state index in [2.05, 4.69) is 10.1 Å². The Hall–Kier alpha value is -3.25. The zero-order valence-corrected chi connectivity index (χ0v) is 21.8. The van der Waals surface area contributed by atoms with E-state index in [1.54, 1.807) is 11.1 Å². The van der Waals surface area contributed by atoms with E-state index in [1.165, 1.54) is 11.3 Å². The van der Waals surface area contributed by atoms with Crippen molar-refractivity contribution in [1.82, 2.24) is 19.4 Å². The maximum absolute atomic E-state index is 13.1. The van der Waals surface area contributed by atoms with Gasteiger partial charge in [-0.2, -0.15) is 13.2 Å². The van der Waals surface area contributed by atoms with Gasteiger partial charge in [-0.15, -0.1) is 11.3 Å². The molecule has 2 aliphatic heterocycles. The van der Waals surface area contributed by atoms with E-state index in [0.29, 0.717) is 38.4 Å². The maximum atomic E-state index is 13.1. The minimum atomic E-state index is -4.85. The van der Waals surface area contributed by atoms with Crippen molar-refractivity contribution in [2.45, 2.75) is 50.9 Å². The summed E-state index contributed by atoms with van der Waals surface area (Å²) in [7, 11) is 0. The van der Waals surface area contributed by atoms with Crippen molar-refractivity contribution >= 4 is 34.6 Å². The van der Waals surface area contributed by atoms with Crippen LogP contribution in [0.4, 0.5) is 13.2 Å². The zero-order chi connectivity index (χ0) is 27.0. The summed E-state index contributed by atoms with van der Waals surface area (Å²) < 4.78 is 40.1. The number of halogens is 4. The molecule has 0 aromatic carbocycles. The molecule has 1 amide bonds. The molecule has 0 spiro atoms. The number of hydrogen-bond donors (Lipinski definition) is 0. The highest BCUT2D eigenvalue weighted by Gasteiger charge is 2.35. The van der Waals surface area contributed by atoms with E-state index in [1.807, 2.05) is 24.4 Å². The average Bonchev–Trinajstić information content (AvgIpc) is 3.56. The summed E-state index contributed by atoms with van der Waals surface area (Å²) in [6.07, 6.45) is -0.445. The fourth-order valence-electron chi connectivity index (χ4n) is 4.66. The minimum absolute atomic E-state index is 0.139. The summed E-state index contributed by atoms with van der Waals surface area (Å²) in [6, 6.07) is 4.43.